The summed E-state index contributed by atoms with van der Waals surface area (Å²) < 4.78 is 13.5. The summed E-state index contributed by atoms with van der Waals surface area (Å²) in [4.78, 5) is 19.2. The molecule has 0 radical (unpaired) electrons. The number of nitrogens with zero attached hydrogens (tertiary/aromatic N) is 2. The van der Waals surface area contributed by atoms with Crippen LogP contribution in [0.5, 0.6) is 0 Å². The van der Waals surface area contributed by atoms with E-state index >= 15 is 0 Å². The molecule has 0 atom stereocenters. The SMILES string of the molecule is O=C(Cc1c(F)cccc1Cl)Nc1ccnc(Cl)n1. The molecule has 0 saturated carbocycles. The van der Waals surface area contributed by atoms with Gasteiger partial charge in [-0.05, 0) is 29.8 Å². The number of carbonyl (C=O) groups excluding carboxylic acids is 1. The van der Waals surface area contributed by atoms with Crippen molar-refractivity contribution < 1.29 is 9.18 Å². The number of hydrogen-bond acceptors (Lipinski definition) is 3. The second-order valence-corrected chi connectivity index (χ2v) is 4.38. The fourth-order valence-electron chi connectivity index (χ4n) is 1.45. The summed E-state index contributed by atoms with van der Waals surface area (Å²) in [7, 11) is 0. The van der Waals surface area contributed by atoms with E-state index in [1.165, 1.54) is 30.5 Å². The number of carbonyl (C=O) groups is 1. The van der Waals surface area contributed by atoms with Crippen molar-refractivity contribution in [2.24, 2.45) is 0 Å². The van der Waals surface area contributed by atoms with Crippen LogP contribution in [0.3, 0.4) is 0 Å². The summed E-state index contributed by atoms with van der Waals surface area (Å²) in [6, 6.07) is 5.72. The van der Waals surface area contributed by atoms with Gasteiger partial charge in [-0.3, -0.25) is 4.79 Å². The first-order valence-corrected chi connectivity index (χ1v) is 6.03. The van der Waals surface area contributed by atoms with Crippen molar-refractivity contribution >= 4 is 34.9 Å². The third-order valence-corrected chi connectivity index (χ3v) is 2.83. The molecule has 4 nitrogen and oxygen atoms in total. The predicted molar refractivity (Wildman–Crippen MR) is 70.8 cm³/mol. The fourth-order valence-corrected chi connectivity index (χ4v) is 1.83. The average molecular weight is 300 g/mol. The molecule has 1 amide bonds. The highest BCUT2D eigenvalue weighted by molar-refractivity contribution is 6.31. The molecule has 0 aliphatic carbocycles. The largest absolute Gasteiger partial charge is 0.310 e. The molecular weight excluding hydrogens is 292 g/mol. The van der Waals surface area contributed by atoms with Crippen LogP contribution < -0.4 is 5.32 Å². The Morgan fingerprint density at radius 2 is 2.11 bits per heavy atom. The second-order valence-electron chi connectivity index (χ2n) is 3.64. The van der Waals surface area contributed by atoms with Gasteiger partial charge >= 0.3 is 0 Å². The molecule has 0 aliphatic rings. The summed E-state index contributed by atoms with van der Waals surface area (Å²) in [5.74, 6) is -0.720. The van der Waals surface area contributed by atoms with Crippen LogP contribution in [0.4, 0.5) is 10.2 Å². The monoisotopic (exact) mass is 299 g/mol. The molecule has 0 saturated heterocycles. The van der Waals surface area contributed by atoms with E-state index in [1.54, 1.807) is 0 Å². The van der Waals surface area contributed by atoms with Crippen LogP contribution in [0, 0.1) is 5.82 Å². The summed E-state index contributed by atoms with van der Waals surface area (Å²) in [6.07, 6.45) is 1.22. The van der Waals surface area contributed by atoms with Gasteiger partial charge in [-0.25, -0.2) is 14.4 Å². The number of halogens is 3. The quantitative estimate of drug-likeness (QED) is 0.886. The lowest BCUT2D eigenvalue weighted by Crippen LogP contribution is -2.16. The van der Waals surface area contributed by atoms with Crippen molar-refractivity contribution in [1.82, 2.24) is 9.97 Å². The lowest BCUT2D eigenvalue weighted by molar-refractivity contribution is -0.115. The minimum Gasteiger partial charge on any atom is -0.310 e. The van der Waals surface area contributed by atoms with Gasteiger partial charge in [-0.1, -0.05) is 17.7 Å². The minimum absolute atomic E-state index is 0.0155. The highest BCUT2D eigenvalue weighted by Crippen LogP contribution is 2.19. The Kier molecular flexibility index (Phi) is 4.29. The highest BCUT2D eigenvalue weighted by atomic mass is 35.5. The Labute approximate surface area is 118 Å². The van der Waals surface area contributed by atoms with Gasteiger partial charge in [-0.15, -0.1) is 0 Å². The topological polar surface area (TPSA) is 54.9 Å². The Balaban J connectivity index is 2.10. The first kappa shape index (κ1) is 13.7. The van der Waals surface area contributed by atoms with Crippen LogP contribution in [0.15, 0.2) is 30.5 Å². The van der Waals surface area contributed by atoms with Crippen LogP contribution in [0.25, 0.3) is 0 Å². The first-order chi connectivity index (χ1) is 9.06. The molecule has 0 aliphatic heterocycles. The van der Waals surface area contributed by atoms with Gasteiger partial charge in [-0.2, -0.15) is 0 Å². The second kappa shape index (κ2) is 5.95. The Bertz CT molecular complexity index is 601. The lowest BCUT2D eigenvalue weighted by atomic mass is 10.1. The van der Waals surface area contributed by atoms with E-state index in [1.807, 2.05) is 0 Å². The number of nitrogens with one attached hydrogen (secondary N) is 1. The number of rotatable bonds is 3. The maximum atomic E-state index is 13.5. The molecule has 0 fully saturated rings. The van der Waals surface area contributed by atoms with Crippen molar-refractivity contribution in [3.8, 4) is 0 Å². The smallest absolute Gasteiger partial charge is 0.230 e. The van der Waals surface area contributed by atoms with Gasteiger partial charge in [0.1, 0.15) is 11.6 Å². The molecule has 2 aromatic rings. The number of benzene rings is 1. The molecule has 0 unspecified atom stereocenters. The third-order valence-electron chi connectivity index (χ3n) is 2.29. The molecule has 1 heterocycles. The molecule has 1 aromatic heterocycles. The first-order valence-electron chi connectivity index (χ1n) is 5.27. The summed E-state index contributed by atoms with van der Waals surface area (Å²) in [5, 5.41) is 2.71. The van der Waals surface area contributed by atoms with E-state index in [-0.39, 0.29) is 28.1 Å². The predicted octanol–water partition coefficient (Wildman–Crippen LogP) is 3.10. The number of aromatic nitrogens is 2. The number of hydrogen-bond donors (Lipinski definition) is 1. The standard InChI is InChI=1S/C12H8Cl2FN3O/c13-8-2-1-3-9(15)7(8)6-11(19)17-10-4-5-16-12(14)18-10/h1-5H,6H2,(H,16,17,18,19). The summed E-state index contributed by atoms with van der Waals surface area (Å²) >= 11 is 11.4. The molecule has 19 heavy (non-hydrogen) atoms. The minimum atomic E-state index is -0.525. The Morgan fingerprint density at radius 3 is 2.79 bits per heavy atom. The maximum absolute atomic E-state index is 13.5. The molecule has 98 valence electrons. The van der Waals surface area contributed by atoms with Gasteiger partial charge in [0.05, 0.1) is 6.42 Å². The zero-order chi connectivity index (χ0) is 13.8. The van der Waals surface area contributed by atoms with Crippen LogP contribution in [0.2, 0.25) is 10.3 Å². The molecule has 0 bridgehead atoms. The van der Waals surface area contributed by atoms with Crippen molar-refractivity contribution in [2.75, 3.05) is 5.32 Å². The zero-order valence-electron chi connectivity index (χ0n) is 9.53. The number of amides is 1. The molecule has 0 spiro atoms. The van der Waals surface area contributed by atoms with E-state index in [2.05, 4.69) is 15.3 Å². The van der Waals surface area contributed by atoms with Crippen LogP contribution in [-0.2, 0) is 11.2 Å². The van der Waals surface area contributed by atoms with Gasteiger partial charge in [0.25, 0.3) is 0 Å². The molecular formula is C12H8Cl2FN3O. The van der Waals surface area contributed by atoms with E-state index < -0.39 is 11.7 Å². The van der Waals surface area contributed by atoms with E-state index in [0.717, 1.165) is 0 Å². The Hall–Kier alpha value is -1.72. The summed E-state index contributed by atoms with van der Waals surface area (Å²) in [6.45, 7) is 0. The zero-order valence-corrected chi connectivity index (χ0v) is 11.0. The van der Waals surface area contributed by atoms with Gasteiger partial charge in [0.2, 0.25) is 11.2 Å². The normalized spacial score (nSPS) is 10.3. The van der Waals surface area contributed by atoms with Crippen LogP contribution in [0.1, 0.15) is 5.56 Å². The van der Waals surface area contributed by atoms with Crippen molar-refractivity contribution in [3.63, 3.8) is 0 Å². The van der Waals surface area contributed by atoms with Crippen LogP contribution >= 0.6 is 23.2 Å². The van der Waals surface area contributed by atoms with Gasteiger partial charge in [0.15, 0.2) is 0 Å². The van der Waals surface area contributed by atoms with Crippen molar-refractivity contribution in [1.29, 1.82) is 0 Å². The molecule has 7 heteroatoms. The van der Waals surface area contributed by atoms with Gasteiger partial charge in [0, 0.05) is 16.8 Å². The molecule has 2 rings (SSSR count). The highest BCUT2D eigenvalue weighted by Gasteiger charge is 2.12. The van der Waals surface area contributed by atoms with E-state index in [4.69, 9.17) is 23.2 Å². The van der Waals surface area contributed by atoms with Crippen LogP contribution in [-0.4, -0.2) is 15.9 Å². The average Bonchev–Trinajstić information content (AvgIpc) is 2.34. The fraction of sp³-hybridized carbons (Fsp3) is 0.0833. The Morgan fingerprint density at radius 1 is 1.32 bits per heavy atom. The molecule has 1 N–H and O–H groups in total. The maximum Gasteiger partial charge on any atom is 0.230 e. The lowest BCUT2D eigenvalue weighted by Gasteiger charge is -2.06. The van der Waals surface area contributed by atoms with E-state index in [9.17, 15) is 9.18 Å². The van der Waals surface area contributed by atoms with Crippen molar-refractivity contribution in [2.45, 2.75) is 6.42 Å². The third kappa shape index (κ3) is 3.62. The molecule has 1 aromatic carbocycles. The van der Waals surface area contributed by atoms with E-state index in [0.29, 0.717) is 0 Å². The summed E-state index contributed by atoms with van der Waals surface area (Å²) in [5.41, 5.74) is 0.141. The number of anilines is 1. The van der Waals surface area contributed by atoms with Crippen molar-refractivity contribution in [3.05, 3.63) is 52.1 Å². The van der Waals surface area contributed by atoms with Gasteiger partial charge < -0.3 is 5.32 Å².